The van der Waals surface area contributed by atoms with Crippen molar-refractivity contribution < 1.29 is 13.2 Å². The molecule has 0 heterocycles. The van der Waals surface area contributed by atoms with Gasteiger partial charge in [0, 0.05) is 29.4 Å². The lowest BCUT2D eigenvalue weighted by molar-refractivity contribution is -0.121. The zero-order chi connectivity index (χ0) is 19.2. The first-order valence-corrected chi connectivity index (χ1v) is 10.6. The second kappa shape index (κ2) is 8.79. The van der Waals surface area contributed by atoms with Crippen LogP contribution in [0.25, 0.3) is 0 Å². The smallest absolute Gasteiger partial charge is 0.240 e. The molecule has 0 radical (unpaired) electrons. The molecule has 5 nitrogen and oxygen atoms in total. The van der Waals surface area contributed by atoms with E-state index in [-0.39, 0.29) is 29.2 Å². The van der Waals surface area contributed by atoms with Crippen LogP contribution in [0.4, 0.5) is 0 Å². The fourth-order valence-electron chi connectivity index (χ4n) is 2.42. The van der Waals surface area contributed by atoms with E-state index in [1.54, 1.807) is 12.1 Å². The van der Waals surface area contributed by atoms with Crippen molar-refractivity contribution in [2.75, 3.05) is 13.1 Å². The Bertz CT molecular complexity index is 852. The topological polar surface area (TPSA) is 75.3 Å². The minimum Gasteiger partial charge on any atom is -0.355 e. The van der Waals surface area contributed by atoms with Crippen LogP contribution in [0.1, 0.15) is 25.8 Å². The molecule has 0 saturated carbocycles. The van der Waals surface area contributed by atoms with E-state index in [1.807, 2.05) is 30.3 Å². The molecule has 0 saturated heterocycles. The van der Waals surface area contributed by atoms with E-state index in [0.717, 1.165) is 5.56 Å². The van der Waals surface area contributed by atoms with Crippen LogP contribution in [-0.4, -0.2) is 27.4 Å². The Balaban J connectivity index is 1.82. The van der Waals surface area contributed by atoms with Crippen LogP contribution >= 0.6 is 15.9 Å². The minimum absolute atomic E-state index is 0.0481. The highest BCUT2D eigenvalue weighted by Crippen LogP contribution is 2.21. The Hall–Kier alpha value is -1.70. The highest BCUT2D eigenvalue weighted by molar-refractivity contribution is 9.10. The third-order valence-electron chi connectivity index (χ3n) is 4.03. The second-order valence-electron chi connectivity index (χ2n) is 6.63. The third kappa shape index (κ3) is 5.93. The maximum atomic E-state index is 12.2. The predicted molar refractivity (Wildman–Crippen MR) is 106 cm³/mol. The molecule has 0 fully saturated rings. The van der Waals surface area contributed by atoms with Crippen molar-refractivity contribution in [1.82, 2.24) is 10.0 Å². The van der Waals surface area contributed by atoms with E-state index in [9.17, 15) is 13.2 Å². The van der Waals surface area contributed by atoms with Crippen LogP contribution in [0.5, 0.6) is 0 Å². The van der Waals surface area contributed by atoms with Gasteiger partial charge in [-0.05, 0) is 23.8 Å². The molecule has 140 valence electrons. The van der Waals surface area contributed by atoms with Gasteiger partial charge in [-0.3, -0.25) is 4.79 Å². The van der Waals surface area contributed by atoms with Gasteiger partial charge in [0.05, 0.1) is 4.90 Å². The molecule has 0 aliphatic heterocycles. The normalized spacial score (nSPS) is 12.0. The van der Waals surface area contributed by atoms with Crippen molar-refractivity contribution in [2.24, 2.45) is 0 Å². The van der Waals surface area contributed by atoms with Gasteiger partial charge in [0.1, 0.15) is 0 Å². The Kier molecular flexibility index (Phi) is 6.97. The Morgan fingerprint density at radius 2 is 1.77 bits per heavy atom. The number of rotatable bonds is 8. The predicted octanol–water partition coefficient (Wildman–Crippen LogP) is 3.21. The molecule has 2 rings (SSSR count). The summed E-state index contributed by atoms with van der Waals surface area (Å²) in [6.45, 7) is 4.64. The summed E-state index contributed by atoms with van der Waals surface area (Å²) in [5, 5.41) is 2.88. The first-order valence-electron chi connectivity index (χ1n) is 8.28. The minimum atomic E-state index is -3.62. The number of nitrogens with one attached hydrogen (secondary N) is 2. The number of halogens is 1. The number of hydrogen-bond donors (Lipinski definition) is 2. The summed E-state index contributed by atoms with van der Waals surface area (Å²) < 4.78 is 27.5. The molecule has 0 bridgehead atoms. The van der Waals surface area contributed by atoms with E-state index in [0.29, 0.717) is 11.0 Å². The molecule has 7 heteroatoms. The number of benzene rings is 2. The summed E-state index contributed by atoms with van der Waals surface area (Å²) in [7, 11) is -3.62. The van der Waals surface area contributed by atoms with Crippen LogP contribution < -0.4 is 10.0 Å². The molecule has 0 unspecified atom stereocenters. The van der Waals surface area contributed by atoms with Crippen LogP contribution in [0.15, 0.2) is 64.0 Å². The largest absolute Gasteiger partial charge is 0.355 e. The van der Waals surface area contributed by atoms with E-state index in [2.05, 4.69) is 39.8 Å². The lowest BCUT2D eigenvalue weighted by Gasteiger charge is -2.25. The summed E-state index contributed by atoms with van der Waals surface area (Å²) in [6.07, 6.45) is 0.0815. The molecule has 0 aromatic heterocycles. The molecule has 1 amide bonds. The quantitative estimate of drug-likeness (QED) is 0.664. The van der Waals surface area contributed by atoms with E-state index >= 15 is 0 Å². The number of carbonyl (C=O) groups is 1. The molecule has 2 aromatic rings. The maximum absolute atomic E-state index is 12.2. The fraction of sp³-hybridized carbons (Fsp3) is 0.316. The van der Waals surface area contributed by atoms with E-state index in [4.69, 9.17) is 0 Å². The molecular weight excluding hydrogens is 416 g/mol. The Morgan fingerprint density at radius 3 is 2.42 bits per heavy atom. The van der Waals surface area contributed by atoms with Crippen molar-refractivity contribution in [1.29, 1.82) is 0 Å². The van der Waals surface area contributed by atoms with Gasteiger partial charge in [-0.15, -0.1) is 0 Å². The van der Waals surface area contributed by atoms with Crippen molar-refractivity contribution in [3.05, 3.63) is 64.6 Å². The van der Waals surface area contributed by atoms with Crippen LogP contribution in [-0.2, 0) is 20.2 Å². The molecule has 0 aliphatic rings. The lowest BCUT2D eigenvalue weighted by atomic mass is 9.84. The molecule has 0 aliphatic carbocycles. The standard InChI is InChI=1S/C19H23BrN2O3S/c1-19(2,15-7-4-3-5-8-15)14-21-18(23)11-12-22-26(24,25)17-10-6-9-16(20)13-17/h3-10,13,22H,11-12,14H2,1-2H3,(H,21,23). The van der Waals surface area contributed by atoms with Crippen molar-refractivity contribution >= 4 is 31.9 Å². The zero-order valence-electron chi connectivity index (χ0n) is 14.8. The third-order valence-corrected chi connectivity index (χ3v) is 5.99. The van der Waals surface area contributed by atoms with Gasteiger partial charge in [-0.1, -0.05) is 66.2 Å². The molecular formula is C19H23BrN2O3S. The first-order chi connectivity index (χ1) is 12.2. The van der Waals surface area contributed by atoms with Gasteiger partial charge in [0.25, 0.3) is 0 Å². The van der Waals surface area contributed by atoms with Gasteiger partial charge >= 0.3 is 0 Å². The average Bonchev–Trinajstić information content (AvgIpc) is 2.61. The molecule has 0 atom stereocenters. The zero-order valence-corrected chi connectivity index (χ0v) is 17.2. The lowest BCUT2D eigenvalue weighted by Crippen LogP contribution is -2.38. The second-order valence-corrected chi connectivity index (χ2v) is 9.31. The van der Waals surface area contributed by atoms with Crippen molar-refractivity contribution in [2.45, 2.75) is 30.6 Å². The van der Waals surface area contributed by atoms with Gasteiger partial charge in [0.2, 0.25) is 15.9 Å². The number of sulfonamides is 1. The number of amides is 1. The Labute approximate surface area is 163 Å². The summed E-state index contributed by atoms with van der Waals surface area (Å²) in [5.74, 6) is -0.189. The highest BCUT2D eigenvalue weighted by Gasteiger charge is 2.21. The van der Waals surface area contributed by atoms with Gasteiger partial charge in [-0.25, -0.2) is 13.1 Å². The Morgan fingerprint density at radius 1 is 1.08 bits per heavy atom. The summed E-state index contributed by atoms with van der Waals surface area (Å²) >= 11 is 3.25. The summed E-state index contributed by atoms with van der Waals surface area (Å²) in [5.41, 5.74) is 0.933. The van der Waals surface area contributed by atoms with Gasteiger partial charge in [0.15, 0.2) is 0 Å². The monoisotopic (exact) mass is 438 g/mol. The van der Waals surface area contributed by atoms with Crippen molar-refractivity contribution in [3.63, 3.8) is 0 Å². The summed E-state index contributed by atoms with van der Waals surface area (Å²) in [4.78, 5) is 12.2. The fourth-order valence-corrected chi connectivity index (χ4v) is 4.04. The maximum Gasteiger partial charge on any atom is 0.240 e. The van der Waals surface area contributed by atoms with Crippen LogP contribution in [0.3, 0.4) is 0 Å². The van der Waals surface area contributed by atoms with Crippen LogP contribution in [0, 0.1) is 0 Å². The highest BCUT2D eigenvalue weighted by atomic mass is 79.9. The van der Waals surface area contributed by atoms with E-state index < -0.39 is 10.0 Å². The first kappa shape index (κ1) is 20.6. The molecule has 26 heavy (non-hydrogen) atoms. The van der Waals surface area contributed by atoms with Gasteiger partial charge < -0.3 is 5.32 Å². The molecule has 0 spiro atoms. The summed E-state index contributed by atoms with van der Waals surface area (Å²) in [6, 6.07) is 16.4. The molecule has 2 N–H and O–H groups in total. The van der Waals surface area contributed by atoms with Crippen molar-refractivity contribution in [3.8, 4) is 0 Å². The van der Waals surface area contributed by atoms with Crippen LogP contribution in [0.2, 0.25) is 0 Å². The number of hydrogen-bond acceptors (Lipinski definition) is 3. The SMILES string of the molecule is CC(C)(CNC(=O)CCNS(=O)(=O)c1cccc(Br)c1)c1ccccc1. The van der Waals surface area contributed by atoms with Gasteiger partial charge in [-0.2, -0.15) is 0 Å². The average molecular weight is 439 g/mol. The number of carbonyl (C=O) groups excluding carboxylic acids is 1. The van der Waals surface area contributed by atoms with E-state index in [1.165, 1.54) is 12.1 Å². The molecule has 2 aromatic carbocycles.